The summed E-state index contributed by atoms with van der Waals surface area (Å²) in [6, 6.07) is 5.54. The van der Waals surface area contributed by atoms with E-state index in [0.717, 1.165) is 6.21 Å². The molecule has 0 amide bonds. The summed E-state index contributed by atoms with van der Waals surface area (Å²) in [5, 5.41) is 58.0. The maximum Gasteiger partial charge on any atom is 0.200 e. The molecule has 0 saturated carbocycles. The molecular formula is C18H18N2O5S. The molecule has 0 aliphatic heterocycles. The topological polar surface area (TPSA) is 137 Å². The quantitative estimate of drug-likeness (QED) is 0.185. The molecule has 0 aromatic heterocycles. The first-order chi connectivity index (χ1) is 12.2. The summed E-state index contributed by atoms with van der Waals surface area (Å²) in [4.78, 5) is 0.234. The van der Waals surface area contributed by atoms with Gasteiger partial charge in [-0.05, 0) is 54.0 Å². The predicted molar refractivity (Wildman–Crippen MR) is 102 cm³/mol. The van der Waals surface area contributed by atoms with Crippen LogP contribution in [0.4, 0.5) is 0 Å². The summed E-state index contributed by atoms with van der Waals surface area (Å²) in [7, 11) is 0. The van der Waals surface area contributed by atoms with Gasteiger partial charge in [0, 0.05) is 18.3 Å². The summed E-state index contributed by atoms with van der Waals surface area (Å²) in [5.41, 5.74) is 1.87. The number of aromatic hydroxyl groups is 5. The van der Waals surface area contributed by atoms with E-state index in [0.29, 0.717) is 22.3 Å². The van der Waals surface area contributed by atoms with E-state index < -0.39 is 17.2 Å². The molecule has 0 aliphatic rings. The van der Waals surface area contributed by atoms with Crippen molar-refractivity contribution in [1.29, 1.82) is 5.41 Å². The standard InChI is InChI=1S/C18H18N2O5S/c1-9-2-10(4-13(21)16(9)24)3-12(7-19)18(26)20-8-11-5-14(22)17(25)15(23)6-11/h2-7,19,21-25H,8H2,1H3,(H,20,26)/b12-3+,19-7?. The number of hydrogen-bond acceptors (Lipinski definition) is 7. The summed E-state index contributed by atoms with van der Waals surface area (Å²) in [6.07, 6.45) is 2.61. The van der Waals surface area contributed by atoms with E-state index in [1.54, 1.807) is 19.1 Å². The molecule has 0 atom stereocenters. The van der Waals surface area contributed by atoms with Gasteiger partial charge in [0.1, 0.15) is 4.99 Å². The molecule has 0 aliphatic carbocycles. The molecule has 2 aromatic rings. The molecule has 0 radical (unpaired) electrons. The molecule has 7 N–H and O–H groups in total. The number of phenolic OH excluding ortho intramolecular Hbond substituents is 5. The first-order valence-corrected chi connectivity index (χ1v) is 7.90. The fourth-order valence-electron chi connectivity index (χ4n) is 2.27. The van der Waals surface area contributed by atoms with Gasteiger partial charge >= 0.3 is 0 Å². The van der Waals surface area contributed by atoms with Crippen molar-refractivity contribution in [3.8, 4) is 28.7 Å². The van der Waals surface area contributed by atoms with Crippen molar-refractivity contribution < 1.29 is 25.5 Å². The lowest BCUT2D eigenvalue weighted by molar-refractivity contribution is 0.367. The van der Waals surface area contributed by atoms with Crippen LogP contribution in [0.2, 0.25) is 0 Å². The van der Waals surface area contributed by atoms with Gasteiger partial charge in [0.15, 0.2) is 28.7 Å². The van der Waals surface area contributed by atoms with E-state index in [-0.39, 0.29) is 23.0 Å². The highest BCUT2D eigenvalue weighted by molar-refractivity contribution is 7.80. The lowest BCUT2D eigenvalue weighted by Gasteiger charge is -2.11. The number of thiocarbonyl (C=S) groups is 1. The van der Waals surface area contributed by atoms with Gasteiger partial charge in [0.2, 0.25) is 0 Å². The molecule has 0 spiro atoms. The highest BCUT2D eigenvalue weighted by Crippen LogP contribution is 2.35. The Kier molecular flexibility index (Phi) is 5.68. The van der Waals surface area contributed by atoms with Crippen LogP contribution in [0.5, 0.6) is 28.7 Å². The molecule has 26 heavy (non-hydrogen) atoms. The van der Waals surface area contributed by atoms with E-state index in [1.807, 2.05) is 0 Å². The van der Waals surface area contributed by atoms with Crippen molar-refractivity contribution in [1.82, 2.24) is 5.32 Å². The minimum absolute atomic E-state index is 0.144. The van der Waals surface area contributed by atoms with Crippen molar-refractivity contribution in [2.75, 3.05) is 0 Å². The van der Waals surface area contributed by atoms with Gasteiger partial charge in [-0.3, -0.25) is 0 Å². The van der Waals surface area contributed by atoms with Crippen LogP contribution in [0.3, 0.4) is 0 Å². The van der Waals surface area contributed by atoms with E-state index in [2.05, 4.69) is 5.32 Å². The summed E-state index contributed by atoms with van der Waals surface area (Å²) >= 11 is 5.24. The first-order valence-electron chi connectivity index (χ1n) is 7.49. The Balaban J connectivity index is 2.18. The number of aryl methyl sites for hydroxylation is 1. The van der Waals surface area contributed by atoms with Crippen molar-refractivity contribution in [2.45, 2.75) is 13.5 Å². The smallest absolute Gasteiger partial charge is 0.200 e. The maximum absolute atomic E-state index is 9.68. The Hall–Kier alpha value is -3.26. The summed E-state index contributed by atoms with van der Waals surface area (Å²) in [5.74, 6) is -1.98. The van der Waals surface area contributed by atoms with Crippen molar-refractivity contribution >= 4 is 29.5 Å². The van der Waals surface area contributed by atoms with Crippen LogP contribution in [-0.2, 0) is 6.54 Å². The average Bonchev–Trinajstić information content (AvgIpc) is 2.59. The fourth-order valence-corrected chi connectivity index (χ4v) is 2.46. The monoisotopic (exact) mass is 374 g/mol. The molecule has 0 unspecified atom stereocenters. The lowest BCUT2D eigenvalue weighted by Crippen LogP contribution is -2.23. The second-order valence-corrected chi connectivity index (χ2v) is 6.02. The SMILES string of the molecule is Cc1cc(/C=C(\C=N)C(=S)NCc2cc(O)c(O)c(O)c2)cc(O)c1O. The molecule has 8 heteroatoms. The molecule has 2 rings (SSSR count). The third-order valence-corrected chi connectivity index (χ3v) is 4.01. The summed E-state index contributed by atoms with van der Waals surface area (Å²) < 4.78 is 0. The van der Waals surface area contributed by atoms with Crippen LogP contribution in [0.15, 0.2) is 29.8 Å². The Labute approximate surface area is 155 Å². The molecule has 0 fully saturated rings. The minimum atomic E-state index is -0.598. The van der Waals surface area contributed by atoms with Gasteiger partial charge in [-0.1, -0.05) is 12.2 Å². The highest BCUT2D eigenvalue weighted by atomic mass is 32.1. The van der Waals surface area contributed by atoms with Crippen molar-refractivity contribution in [2.24, 2.45) is 0 Å². The number of phenols is 5. The molecule has 0 bridgehead atoms. The molecular weight excluding hydrogens is 356 g/mol. The average molecular weight is 374 g/mol. The van der Waals surface area contributed by atoms with Crippen LogP contribution in [-0.4, -0.2) is 36.7 Å². The van der Waals surface area contributed by atoms with Gasteiger partial charge in [0.05, 0.1) is 0 Å². The molecule has 7 nitrogen and oxygen atoms in total. The first kappa shape index (κ1) is 19.1. The minimum Gasteiger partial charge on any atom is -0.504 e. The Morgan fingerprint density at radius 3 is 2.12 bits per heavy atom. The van der Waals surface area contributed by atoms with Crippen LogP contribution in [0, 0.1) is 12.3 Å². The van der Waals surface area contributed by atoms with E-state index in [4.69, 9.17) is 17.6 Å². The van der Waals surface area contributed by atoms with Gasteiger partial charge in [-0.2, -0.15) is 0 Å². The van der Waals surface area contributed by atoms with Crippen molar-refractivity contribution in [3.63, 3.8) is 0 Å². The molecule has 0 heterocycles. The lowest BCUT2D eigenvalue weighted by atomic mass is 10.1. The number of nitrogens with one attached hydrogen (secondary N) is 2. The third kappa shape index (κ3) is 4.22. The number of hydrogen-bond donors (Lipinski definition) is 7. The zero-order valence-corrected chi connectivity index (χ0v) is 14.6. The molecule has 2 aromatic carbocycles. The molecule has 0 saturated heterocycles. The van der Waals surface area contributed by atoms with Crippen LogP contribution >= 0.6 is 12.2 Å². The van der Waals surface area contributed by atoms with E-state index in [9.17, 15) is 25.5 Å². The number of rotatable bonds is 5. The fraction of sp³-hybridized carbons (Fsp3) is 0.111. The Morgan fingerprint density at radius 2 is 1.58 bits per heavy atom. The van der Waals surface area contributed by atoms with Crippen molar-refractivity contribution in [3.05, 3.63) is 46.5 Å². The second kappa shape index (κ2) is 7.75. The summed E-state index contributed by atoms with van der Waals surface area (Å²) in [6.45, 7) is 1.78. The zero-order chi connectivity index (χ0) is 19.4. The van der Waals surface area contributed by atoms with Crippen LogP contribution in [0.25, 0.3) is 6.08 Å². The Bertz CT molecular complexity index is 862. The van der Waals surface area contributed by atoms with Gasteiger partial charge in [-0.15, -0.1) is 0 Å². The van der Waals surface area contributed by atoms with Gasteiger partial charge in [0.25, 0.3) is 0 Å². The largest absolute Gasteiger partial charge is 0.504 e. The van der Waals surface area contributed by atoms with Crippen LogP contribution in [0.1, 0.15) is 16.7 Å². The van der Waals surface area contributed by atoms with Gasteiger partial charge < -0.3 is 36.3 Å². The third-order valence-electron chi connectivity index (χ3n) is 3.63. The van der Waals surface area contributed by atoms with Gasteiger partial charge in [-0.25, -0.2) is 0 Å². The molecule has 136 valence electrons. The predicted octanol–water partition coefficient (Wildman–Crippen LogP) is 2.67. The normalized spacial score (nSPS) is 11.2. The van der Waals surface area contributed by atoms with E-state index >= 15 is 0 Å². The van der Waals surface area contributed by atoms with E-state index in [1.165, 1.54) is 18.2 Å². The highest BCUT2D eigenvalue weighted by Gasteiger charge is 2.10. The van der Waals surface area contributed by atoms with Crippen LogP contribution < -0.4 is 5.32 Å². The zero-order valence-electron chi connectivity index (χ0n) is 13.8. The maximum atomic E-state index is 9.68. The second-order valence-electron chi connectivity index (χ2n) is 5.61. The Morgan fingerprint density at radius 1 is 1.00 bits per heavy atom. The number of benzene rings is 2.